The Morgan fingerprint density at radius 1 is 0.804 bits per heavy atom. The summed E-state index contributed by atoms with van der Waals surface area (Å²) in [6.07, 6.45) is 4.55. The molecule has 0 N–H and O–H groups in total. The lowest BCUT2D eigenvalue weighted by Gasteiger charge is -2.19. The molecule has 0 atom stereocenters. The maximum atomic E-state index is 11.1. The van der Waals surface area contributed by atoms with E-state index in [0.29, 0.717) is 42.6 Å². The number of hydrogen-bond donors (Lipinski definition) is 0. The second-order valence-corrected chi connectivity index (χ2v) is 13.8. The highest BCUT2D eigenvalue weighted by molar-refractivity contribution is 7.81. The largest absolute Gasteiger partial charge is 1.00 e. The molecule has 266 valence electrons. The van der Waals surface area contributed by atoms with Crippen LogP contribution >= 0.6 is 0 Å². The minimum Gasteiger partial charge on any atom is -0.726 e. The molecule has 51 heavy (non-hydrogen) atoms. The summed E-state index contributed by atoms with van der Waals surface area (Å²) in [6.45, 7) is 1.91. The molecule has 1 aliphatic heterocycles. The summed E-state index contributed by atoms with van der Waals surface area (Å²) in [4.78, 5) is 1.91. The predicted molar refractivity (Wildman–Crippen MR) is 189 cm³/mol. The van der Waals surface area contributed by atoms with Gasteiger partial charge < -0.3 is 23.2 Å². The molecule has 0 fully saturated rings. The molecule has 14 heteroatoms. The number of rotatable bonds is 15. The van der Waals surface area contributed by atoms with Crippen LogP contribution in [-0.4, -0.2) is 45.7 Å². The Kier molecular flexibility index (Phi) is 11.0. The van der Waals surface area contributed by atoms with Gasteiger partial charge in [-0.05, 0) is 59.4 Å². The molecule has 12 nitrogen and oxygen atoms in total. The van der Waals surface area contributed by atoms with E-state index >= 15 is 0 Å². The van der Waals surface area contributed by atoms with Gasteiger partial charge in [0.25, 0.3) is 5.52 Å². The third-order valence-electron chi connectivity index (χ3n) is 8.27. The third kappa shape index (κ3) is 9.29. The Hall–Kier alpha value is -4.83. The summed E-state index contributed by atoms with van der Waals surface area (Å²) in [5.41, 5.74) is 6.94. The molecule has 0 saturated heterocycles. The molecule has 5 aromatic rings. The summed E-state index contributed by atoms with van der Waals surface area (Å²) in [5, 5.41) is 0. The van der Waals surface area contributed by atoms with E-state index in [4.69, 9.17) is 9.15 Å². The monoisotopic (exact) mass is 732 g/mol. The van der Waals surface area contributed by atoms with Crippen molar-refractivity contribution in [2.75, 3.05) is 24.7 Å². The van der Waals surface area contributed by atoms with E-state index in [1.165, 1.54) is 0 Å². The smallest absolute Gasteiger partial charge is 0.726 e. The van der Waals surface area contributed by atoms with E-state index in [2.05, 4.69) is 8.37 Å². The van der Waals surface area contributed by atoms with Gasteiger partial charge in [-0.1, -0.05) is 78.9 Å². The molecule has 0 radical (unpaired) electrons. The lowest BCUT2D eigenvalue weighted by atomic mass is 10.0. The van der Waals surface area contributed by atoms with Gasteiger partial charge in [0.2, 0.25) is 32.3 Å². The van der Waals surface area contributed by atoms with E-state index in [9.17, 15) is 25.9 Å². The molecular weight excluding hydrogens is 697 g/mol. The lowest BCUT2D eigenvalue weighted by Crippen LogP contribution is -2.37. The Balaban J connectivity index is 0.00000523. The highest BCUT2D eigenvalue weighted by Gasteiger charge is 2.29. The van der Waals surface area contributed by atoms with Gasteiger partial charge in [0.05, 0.1) is 25.3 Å². The maximum absolute atomic E-state index is 11.1. The number of hydrogen-bond acceptors (Lipinski definition) is 11. The van der Waals surface area contributed by atoms with Crippen molar-refractivity contribution in [3.05, 3.63) is 127 Å². The van der Waals surface area contributed by atoms with E-state index < -0.39 is 20.8 Å². The molecule has 2 heterocycles. The van der Waals surface area contributed by atoms with Crippen LogP contribution in [0.15, 0.2) is 125 Å². The van der Waals surface area contributed by atoms with Crippen molar-refractivity contribution < 1.29 is 49.5 Å². The average Bonchev–Trinajstić information content (AvgIpc) is 3.63. The van der Waals surface area contributed by atoms with Crippen LogP contribution in [0.2, 0.25) is 0 Å². The van der Waals surface area contributed by atoms with Crippen molar-refractivity contribution in [3.63, 3.8) is 0 Å². The van der Waals surface area contributed by atoms with Gasteiger partial charge in [-0.25, -0.2) is 16.8 Å². The summed E-state index contributed by atoms with van der Waals surface area (Å²) < 4.78 is 90.0. The maximum Gasteiger partial charge on any atom is 1.00 e. The fraction of sp³-hybridized carbons (Fsp3) is 0.216. The Bertz CT molecular complexity index is 2290. The van der Waals surface area contributed by atoms with Crippen LogP contribution in [0.5, 0.6) is 5.75 Å². The number of fused-ring (bicyclic) bond motifs is 2. The van der Waals surface area contributed by atoms with Crippen LogP contribution in [0.25, 0.3) is 33.4 Å². The van der Waals surface area contributed by atoms with Crippen molar-refractivity contribution in [1.29, 1.82) is 0 Å². The number of benzene rings is 4. The highest BCUT2D eigenvalue weighted by atomic mass is 32.3. The first-order valence-corrected chi connectivity index (χ1v) is 18.9. The van der Waals surface area contributed by atoms with Crippen LogP contribution in [0.1, 0.15) is 27.1 Å². The summed E-state index contributed by atoms with van der Waals surface area (Å²) in [6, 6.07) is 31.4. The zero-order valence-electron chi connectivity index (χ0n) is 28.6. The van der Waals surface area contributed by atoms with Crippen LogP contribution < -0.4 is 14.2 Å². The van der Waals surface area contributed by atoms with Crippen molar-refractivity contribution in [2.45, 2.75) is 32.7 Å². The second kappa shape index (κ2) is 15.6. The van der Waals surface area contributed by atoms with Crippen LogP contribution in [0.3, 0.4) is 0 Å². The zero-order chi connectivity index (χ0) is 36.0. The number of ether oxygens (including phenoxy) is 1. The van der Waals surface area contributed by atoms with Crippen molar-refractivity contribution in [2.24, 2.45) is 0 Å². The van der Waals surface area contributed by atoms with E-state index in [-0.39, 0.29) is 27.5 Å². The highest BCUT2D eigenvalue weighted by Crippen LogP contribution is 2.42. The molecule has 0 spiro atoms. The third-order valence-corrected chi connectivity index (χ3v) is 9.18. The zero-order valence-corrected chi connectivity index (χ0v) is 29.3. The number of anilines is 1. The predicted octanol–water partition coefficient (Wildman–Crippen LogP) is 6.13. The minimum absolute atomic E-state index is 0. The molecule has 6 rings (SSSR count). The lowest BCUT2D eigenvalue weighted by molar-refractivity contribution is -0.684. The van der Waals surface area contributed by atoms with Crippen LogP contribution in [-0.2, 0) is 42.1 Å². The number of allylic oxidation sites excluding steroid dienone is 3. The first kappa shape index (κ1) is 36.0. The number of aryl methyl sites for hydroxylation is 1. The number of oxazole rings is 1. The van der Waals surface area contributed by atoms with Gasteiger partial charge in [0.1, 0.15) is 0 Å². The second-order valence-electron chi connectivity index (χ2n) is 11.7. The fourth-order valence-electron chi connectivity index (χ4n) is 5.90. The number of nitrogens with zero attached hydrogens (tertiary/aromatic N) is 2. The topological polar surface area (TPSA) is 162 Å². The average molecular weight is 733 g/mol. The van der Waals surface area contributed by atoms with E-state index in [0.717, 1.165) is 39.0 Å². The molecule has 1 aliphatic rings. The van der Waals surface area contributed by atoms with Crippen LogP contribution in [0, 0.1) is 0 Å². The first-order valence-electron chi connectivity index (χ1n) is 16.2. The number of aromatic nitrogens is 1. The normalized spacial score (nSPS) is 14.3. The first-order chi connectivity index (χ1) is 24.5. The van der Waals surface area contributed by atoms with Gasteiger partial charge in [-0.2, -0.15) is 4.57 Å². The molecule has 1 aromatic heterocycles. The molecule has 4 aromatic carbocycles. The Morgan fingerprint density at radius 2 is 1.41 bits per heavy atom. The van der Waals surface area contributed by atoms with Crippen molar-refractivity contribution >= 4 is 37.6 Å². The van der Waals surface area contributed by atoms with Gasteiger partial charge in [0.15, 0.2) is 12.3 Å². The van der Waals surface area contributed by atoms with Gasteiger partial charge in [-0.15, -0.1) is 0 Å². The molecule has 0 aliphatic carbocycles. The minimum atomic E-state index is -4.83. The van der Waals surface area contributed by atoms with Crippen LogP contribution in [0.4, 0.5) is 5.69 Å². The Labute approximate surface area is 298 Å². The molecule has 0 saturated carbocycles. The Morgan fingerprint density at radius 3 is 2.04 bits per heavy atom. The molecule has 0 bridgehead atoms. The SMILES string of the molecule is CC=C(C=C1Oc2ccc(-c3ccccc3)cc2N1CCCOS(=O)(=O)[O-])Cc1oc2ccc(-c3ccccc3)cc2[n+]1CCCOS(=O)(=O)[O-].[H+]. The summed E-state index contributed by atoms with van der Waals surface area (Å²) in [7, 11) is -9.66. The molecular formula is C37H36N2O10S2. The van der Waals surface area contributed by atoms with Gasteiger partial charge >= 0.3 is 7.32 Å². The fourth-order valence-corrected chi connectivity index (χ4v) is 6.55. The standard InChI is InChI=1S/C37H36N2O10S2/c1-2-27(23-36-38(19-9-21-46-50(40,41)42)32-25-30(15-17-34(32)48-36)28-11-5-3-6-12-28)24-37-39(20-10-22-47-51(43,44)45)33-26-31(16-18-35(33)49-37)29-13-7-4-8-14-29/h2-8,11-18,23,25-26H,9-10,19-22,24H2,1H3,(H-,40,41,42,43,44,45). The van der Waals surface area contributed by atoms with E-state index in [1.807, 2.05) is 126 Å². The molecule has 0 unspecified atom stereocenters. The molecule has 0 amide bonds. The van der Waals surface area contributed by atoms with Crippen molar-refractivity contribution in [3.8, 4) is 28.0 Å². The van der Waals surface area contributed by atoms with Gasteiger partial charge in [-0.3, -0.25) is 8.37 Å². The summed E-state index contributed by atoms with van der Waals surface area (Å²) >= 11 is 0. The summed E-state index contributed by atoms with van der Waals surface area (Å²) in [5.74, 6) is 1.67. The van der Waals surface area contributed by atoms with E-state index in [1.54, 1.807) is 0 Å². The quantitative estimate of drug-likeness (QED) is 0.0527. The van der Waals surface area contributed by atoms with Gasteiger partial charge in [0, 0.05) is 25.1 Å². The van der Waals surface area contributed by atoms with Crippen molar-refractivity contribution in [1.82, 2.24) is 0 Å².